The third-order valence-electron chi connectivity index (χ3n) is 4.53. The van der Waals surface area contributed by atoms with E-state index in [-0.39, 0.29) is 18.7 Å². The molecule has 1 aromatic heterocycles. The summed E-state index contributed by atoms with van der Waals surface area (Å²) in [6.45, 7) is 3.74. The van der Waals surface area contributed by atoms with Crippen LogP contribution in [0.25, 0.3) is 11.3 Å². The highest BCUT2D eigenvalue weighted by Crippen LogP contribution is 2.37. The van der Waals surface area contributed by atoms with Crippen LogP contribution in [0.5, 0.6) is 11.5 Å². The lowest BCUT2D eigenvalue weighted by Gasteiger charge is -2.15. The number of carbonyl (C=O) groups excluding carboxylic acids is 1. The Morgan fingerprint density at radius 3 is 2.61 bits per heavy atom. The minimum absolute atomic E-state index is 0.196. The fourth-order valence-corrected chi connectivity index (χ4v) is 3.65. The van der Waals surface area contributed by atoms with Gasteiger partial charge in [-0.25, -0.2) is 0 Å². The first-order valence-electron chi connectivity index (χ1n) is 8.56. The zero-order chi connectivity index (χ0) is 19.8. The molecular weight excluding hydrogens is 403 g/mol. The van der Waals surface area contributed by atoms with E-state index in [9.17, 15) is 4.79 Å². The van der Waals surface area contributed by atoms with Crippen molar-refractivity contribution in [2.24, 2.45) is 0 Å². The number of aromatic nitrogens is 1. The second-order valence-electron chi connectivity index (χ2n) is 6.37. The molecule has 1 N–H and O–H groups in total. The number of carbonyl (C=O) groups is 1. The predicted molar refractivity (Wildman–Crippen MR) is 105 cm³/mol. The van der Waals surface area contributed by atoms with Crippen molar-refractivity contribution in [3.05, 3.63) is 63.3 Å². The largest absolute Gasteiger partial charge is 0.454 e. The maximum absolute atomic E-state index is 13.0. The van der Waals surface area contributed by atoms with Crippen LogP contribution in [0.4, 0.5) is 0 Å². The van der Waals surface area contributed by atoms with Crippen LogP contribution in [-0.4, -0.2) is 17.9 Å². The van der Waals surface area contributed by atoms with Gasteiger partial charge in [0.2, 0.25) is 6.79 Å². The van der Waals surface area contributed by atoms with Crippen molar-refractivity contribution >= 4 is 29.1 Å². The molecule has 2 aromatic carbocycles. The molecule has 8 heteroatoms. The first-order chi connectivity index (χ1) is 13.5. The molecule has 1 aliphatic rings. The molecule has 0 saturated heterocycles. The number of nitrogens with zero attached hydrogens (tertiary/aromatic N) is 1. The fourth-order valence-electron chi connectivity index (χ4n) is 3.07. The van der Waals surface area contributed by atoms with Gasteiger partial charge in [0.25, 0.3) is 5.91 Å². The number of halogens is 2. The van der Waals surface area contributed by atoms with Crippen molar-refractivity contribution in [2.45, 2.75) is 19.9 Å². The molecule has 4 rings (SSSR count). The highest BCUT2D eigenvalue weighted by atomic mass is 35.5. The predicted octanol–water partition coefficient (Wildman–Crippen LogP) is 5.18. The Hall–Kier alpha value is -2.70. The molecule has 6 nitrogen and oxygen atoms in total. The van der Waals surface area contributed by atoms with Gasteiger partial charge in [-0.2, -0.15) is 0 Å². The Morgan fingerprint density at radius 2 is 1.86 bits per heavy atom. The van der Waals surface area contributed by atoms with Crippen molar-refractivity contribution in [3.8, 4) is 22.8 Å². The number of amides is 1. The minimum atomic E-state index is -0.338. The van der Waals surface area contributed by atoms with E-state index in [1.54, 1.807) is 25.1 Å². The van der Waals surface area contributed by atoms with E-state index in [2.05, 4.69) is 10.5 Å². The first kappa shape index (κ1) is 18.7. The number of ether oxygens (including phenoxy) is 2. The van der Waals surface area contributed by atoms with Crippen molar-refractivity contribution < 1.29 is 18.8 Å². The summed E-state index contributed by atoms with van der Waals surface area (Å²) in [5.41, 5.74) is 1.94. The quantitative estimate of drug-likeness (QED) is 0.631. The third-order valence-corrected chi connectivity index (χ3v) is 5.16. The molecular formula is C20H16Cl2N2O4. The van der Waals surface area contributed by atoms with Crippen molar-refractivity contribution in [3.63, 3.8) is 0 Å². The Morgan fingerprint density at radius 1 is 1.14 bits per heavy atom. The molecule has 1 aliphatic heterocycles. The number of hydrogen-bond acceptors (Lipinski definition) is 5. The Balaban J connectivity index is 1.63. The Kier molecular flexibility index (Phi) is 4.91. The number of benzene rings is 2. The molecule has 0 spiro atoms. The zero-order valence-electron chi connectivity index (χ0n) is 15.1. The molecule has 0 radical (unpaired) electrons. The highest BCUT2D eigenvalue weighted by Gasteiger charge is 2.26. The number of aryl methyl sites for hydroxylation is 1. The van der Waals surface area contributed by atoms with E-state index in [4.69, 9.17) is 37.2 Å². The van der Waals surface area contributed by atoms with E-state index >= 15 is 0 Å². The number of nitrogens with one attached hydrogen (secondary N) is 1. The van der Waals surface area contributed by atoms with Crippen molar-refractivity contribution in [1.29, 1.82) is 0 Å². The molecule has 144 valence electrons. The normalized spacial score (nSPS) is 13.4. The number of fused-ring (bicyclic) bond motifs is 1. The van der Waals surface area contributed by atoms with Crippen LogP contribution in [0.15, 0.2) is 40.9 Å². The molecule has 2 heterocycles. The van der Waals surface area contributed by atoms with Crippen LogP contribution in [0.1, 0.15) is 34.6 Å². The molecule has 0 saturated carbocycles. The number of rotatable bonds is 4. The van der Waals surface area contributed by atoms with Gasteiger partial charge in [0.15, 0.2) is 11.5 Å². The van der Waals surface area contributed by atoms with Gasteiger partial charge in [-0.1, -0.05) is 40.5 Å². The van der Waals surface area contributed by atoms with Crippen molar-refractivity contribution in [1.82, 2.24) is 10.5 Å². The van der Waals surface area contributed by atoms with Crippen LogP contribution >= 0.6 is 23.2 Å². The lowest BCUT2D eigenvalue weighted by atomic mass is 10.0. The van der Waals surface area contributed by atoms with E-state index in [1.165, 1.54) is 0 Å². The smallest absolute Gasteiger partial charge is 0.257 e. The second kappa shape index (κ2) is 7.37. The molecule has 1 unspecified atom stereocenters. The van der Waals surface area contributed by atoms with Crippen molar-refractivity contribution in [2.75, 3.05) is 6.79 Å². The lowest BCUT2D eigenvalue weighted by Crippen LogP contribution is -2.27. The Labute approximate surface area is 171 Å². The molecule has 28 heavy (non-hydrogen) atoms. The minimum Gasteiger partial charge on any atom is -0.454 e. The molecule has 1 atom stereocenters. The SMILES string of the molecule is Cc1onc(-c2c(Cl)cccc2Cl)c1C(=O)NC(C)c1ccc2c(c1)OCO2. The average Bonchev–Trinajstić information content (AvgIpc) is 3.27. The van der Waals surface area contributed by atoms with Gasteiger partial charge in [0.1, 0.15) is 17.0 Å². The summed E-state index contributed by atoms with van der Waals surface area (Å²) in [4.78, 5) is 13.0. The molecule has 1 amide bonds. The number of hydrogen-bond donors (Lipinski definition) is 1. The standard InChI is InChI=1S/C20H16Cl2N2O4/c1-10(12-6-7-15-16(8-12)27-9-26-15)23-20(25)17-11(2)28-24-19(17)18-13(21)4-3-5-14(18)22/h3-8,10H,9H2,1-2H3,(H,23,25). The van der Waals surface area contributed by atoms with Gasteiger partial charge in [-0.3, -0.25) is 4.79 Å². The molecule has 0 bridgehead atoms. The first-order valence-corrected chi connectivity index (χ1v) is 9.32. The Bertz CT molecular complexity index is 1040. The maximum Gasteiger partial charge on any atom is 0.257 e. The van der Waals surface area contributed by atoms with E-state index < -0.39 is 0 Å². The second-order valence-corrected chi connectivity index (χ2v) is 7.18. The van der Waals surface area contributed by atoms with Crippen LogP contribution in [0, 0.1) is 6.92 Å². The summed E-state index contributed by atoms with van der Waals surface area (Å²) >= 11 is 12.6. The van der Waals surface area contributed by atoms with Crippen LogP contribution in [0.3, 0.4) is 0 Å². The zero-order valence-corrected chi connectivity index (χ0v) is 16.6. The van der Waals surface area contributed by atoms with Gasteiger partial charge in [0.05, 0.1) is 16.1 Å². The summed E-state index contributed by atoms with van der Waals surface area (Å²) in [5.74, 6) is 1.38. The fraction of sp³-hybridized carbons (Fsp3) is 0.200. The van der Waals surface area contributed by atoms with Crippen LogP contribution in [0.2, 0.25) is 10.0 Å². The molecule has 0 fully saturated rings. The highest BCUT2D eigenvalue weighted by molar-refractivity contribution is 6.39. The summed E-state index contributed by atoms with van der Waals surface area (Å²) < 4.78 is 16.0. The summed E-state index contributed by atoms with van der Waals surface area (Å²) in [7, 11) is 0. The topological polar surface area (TPSA) is 73.6 Å². The van der Waals surface area contributed by atoms with Crippen LogP contribution < -0.4 is 14.8 Å². The summed E-state index contributed by atoms with van der Waals surface area (Å²) in [5, 5.41) is 7.75. The average molecular weight is 419 g/mol. The molecule has 0 aliphatic carbocycles. The van der Waals surface area contributed by atoms with Gasteiger partial charge in [-0.05, 0) is 43.7 Å². The summed E-state index contributed by atoms with van der Waals surface area (Å²) in [6.07, 6.45) is 0. The maximum atomic E-state index is 13.0. The monoisotopic (exact) mass is 418 g/mol. The van der Waals surface area contributed by atoms with Gasteiger partial charge < -0.3 is 19.3 Å². The van der Waals surface area contributed by atoms with Gasteiger partial charge in [0, 0.05) is 5.56 Å². The van der Waals surface area contributed by atoms with E-state index in [0.717, 1.165) is 5.56 Å². The molecule has 3 aromatic rings. The third kappa shape index (κ3) is 3.30. The van der Waals surface area contributed by atoms with E-state index in [0.29, 0.717) is 44.1 Å². The van der Waals surface area contributed by atoms with Gasteiger partial charge >= 0.3 is 0 Å². The van der Waals surface area contributed by atoms with Gasteiger partial charge in [-0.15, -0.1) is 0 Å². The van der Waals surface area contributed by atoms with E-state index in [1.807, 2.05) is 25.1 Å². The van der Waals surface area contributed by atoms with Crippen LogP contribution in [-0.2, 0) is 0 Å². The summed E-state index contributed by atoms with van der Waals surface area (Å²) in [6, 6.07) is 10.4. The lowest BCUT2D eigenvalue weighted by molar-refractivity contribution is 0.0939.